The van der Waals surface area contributed by atoms with Crippen LogP contribution in [0.5, 0.6) is 11.5 Å². The lowest BCUT2D eigenvalue weighted by molar-refractivity contribution is -0.120. The van der Waals surface area contributed by atoms with Crippen molar-refractivity contribution < 1.29 is 14.3 Å². The molecule has 0 saturated carbocycles. The topological polar surface area (TPSA) is 59.9 Å². The third-order valence-corrected chi connectivity index (χ3v) is 4.04. The Bertz CT molecular complexity index is 925. The second-order valence-electron chi connectivity index (χ2n) is 6.14. The number of hydrogen-bond acceptors (Lipinski definition) is 4. The summed E-state index contributed by atoms with van der Waals surface area (Å²) in [4.78, 5) is 11.9. The largest absolute Gasteiger partial charge is 0.493 e. The van der Waals surface area contributed by atoms with Crippen molar-refractivity contribution in [3.8, 4) is 11.5 Å². The van der Waals surface area contributed by atoms with Crippen molar-refractivity contribution in [2.75, 3.05) is 7.11 Å². The standard InChI is InChI=1S/C23H22N2O3/c1-27-22-14-20(12-13-21(22)28-17-19-10-6-3-7-11-19)16-24-25-23(26)15-18-8-4-2-5-9-18/h2-14,16H,15,17H2,1H3,(H,25,26)/b24-16+. The van der Waals surface area contributed by atoms with Crippen molar-refractivity contribution in [2.45, 2.75) is 13.0 Å². The summed E-state index contributed by atoms with van der Waals surface area (Å²) in [6.45, 7) is 0.459. The summed E-state index contributed by atoms with van der Waals surface area (Å²) in [5.41, 5.74) is 5.35. The molecule has 0 aliphatic carbocycles. The van der Waals surface area contributed by atoms with E-state index in [0.29, 0.717) is 18.1 Å². The Hall–Kier alpha value is -3.60. The average molecular weight is 374 g/mol. The number of carbonyl (C=O) groups excluding carboxylic acids is 1. The van der Waals surface area contributed by atoms with Crippen LogP contribution in [-0.4, -0.2) is 19.2 Å². The summed E-state index contributed by atoms with van der Waals surface area (Å²) in [7, 11) is 1.59. The van der Waals surface area contributed by atoms with Crippen LogP contribution in [0.1, 0.15) is 16.7 Å². The van der Waals surface area contributed by atoms with Crippen molar-refractivity contribution in [3.05, 3.63) is 95.6 Å². The second-order valence-corrected chi connectivity index (χ2v) is 6.14. The molecule has 0 aliphatic rings. The highest BCUT2D eigenvalue weighted by Crippen LogP contribution is 2.28. The minimum absolute atomic E-state index is 0.169. The number of carbonyl (C=O) groups is 1. The smallest absolute Gasteiger partial charge is 0.244 e. The predicted octanol–water partition coefficient (Wildman–Crippen LogP) is 3.97. The molecule has 3 aromatic carbocycles. The molecule has 1 amide bonds. The number of benzene rings is 3. The second kappa shape index (κ2) is 9.92. The Balaban J connectivity index is 1.56. The van der Waals surface area contributed by atoms with Gasteiger partial charge in [0.05, 0.1) is 19.7 Å². The van der Waals surface area contributed by atoms with Crippen molar-refractivity contribution in [1.82, 2.24) is 5.43 Å². The van der Waals surface area contributed by atoms with Gasteiger partial charge in [-0.3, -0.25) is 4.79 Å². The molecule has 0 radical (unpaired) electrons. The predicted molar refractivity (Wildman–Crippen MR) is 110 cm³/mol. The van der Waals surface area contributed by atoms with Gasteiger partial charge in [0.1, 0.15) is 6.61 Å². The van der Waals surface area contributed by atoms with Crippen LogP contribution in [0.2, 0.25) is 0 Å². The maximum Gasteiger partial charge on any atom is 0.244 e. The summed E-state index contributed by atoms with van der Waals surface area (Å²) < 4.78 is 11.2. The van der Waals surface area contributed by atoms with E-state index in [1.807, 2.05) is 78.9 Å². The van der Waals surface area contributed by atoms with E-state index in [9.17, 15) is 4.79 Å². The van der Waals surface area contributed by atoms with Crippen molar-refractivity contribution in [2.24, 2.45) is 5.10 Å². The SMILES string of the molecule is COc1cc(/C=N/NC(=O)Cc2ccccc2)ccc1OCc1ccccc1. The van der Waals surface area contributed by atoms with Crippen molar-refractivity contribution >= 4 is 12.1 Å². The molecule has 0 unspecified atom stereocenters. The van der Waals surface area contributed by atoms with E-state index in [0.717, 1.165) is 16.7 Å². The quantitative estimate of drug-likeness (QED) is 0.479. The Morgan fingerprint density at radius 1 is 0.929 bits per heavy atom. The Kier molecular flexibility index (Phi) is 6.79. The van der Waals surface area contributed by atoms with Gasteiger partial charge in [-0.1, -0.05) is 60.7 Å². The molecular weight excluding hydrogens is 352 g/mol. The number of nitrogens with one attached hydrogen (secondary N) is 1. The molecule has 3 aromatic rings. The van der Waals surface area contributed by atoms with Gasteiger partial charge in [-0.05, 0) is 34.9 Å². The number of amides is 1. The Labute approximate surface area is 164 Å². The lowest BCUT2D eigenvalue weighted by atomic mass is 10.1. The molecule has 5 nitrogen and oxygen atoms in total. The van der Waals surface area contributed by atoms with Gasteiger partial charge in [0, 0.05) is 0 Å². The van der Waals surface area contributed by atoms with Crippen molar-refractivity contribution in [1.29, 1.82) is 0 Å². The van der Waals surface area contributed by atoms with E-state index in [4.69, 9.17) is 9.47 Å². The van der Waals surface area contributed by atoms with Gasteiger partial charge in [-0.25, -0.2) is 5.43 Å². The van der Waals surface area contributed by atoms with Gasteiger partial charge in [-0.2, -0.15) is 5.10 Å². The van der Waals surface area contributed by atoms with Crippen LogP contribution in [0, 0.1) is 0 Å². The van der Waals surface area contributed by atoms with Crippen molar-refractivity contribution in [3.63, 3.8) is 0 Å². The molecule has 28 heavy (non-hydrogen) atoms. The van der Waals surface area contributed by atoms with Crippen LogP contribution in [0.25, 0.3) is 0 Å². The number of ether oxygens (including phenoxy) is 2. The van der Waals surface area contributed by atoms with E-state index in [1.165, 1.54) is 0 Å². The van der Waals surface area contributed by atoms with Crippen LogP contribution >= 0.6 is 0 Å². The third-order valence-electron chi connectivity index (χ3n) is 4.04. The fourth-order valence-corrected chi connectivity index (χ4v) is 2.62. The molecule has 0 heterocycles. The number of methoxy groups -OCH3 is 1. The highest BCUT2D eigenvalue weighted by Gasteiger charge is 2.06. The summed E-state index contributed by atoms with van der Waals surface area (Å²) >= 11 is 0. The fourth-order valence-electron chi connectivity index (χ4n) is 2.62. The molecule has 0 saturated heterocycles. The monoisotopic (exact) mass is 374 g/mol. The molecule has 1 N–H and O–H groups in total. The maximum absolute atomic E-state index is 11.9. The van der Waals surface area contributed by atoms with E-state index in [2.05, 4.69) is 10.5 Å². The zero-order chi connectivity index (χ0) is 19.6. The minimum Gasteiger partial charge on any atom is -0.493 e. The van der Waals surface area contributed by atoms with Gasteiger partial charge in [0.2, 0.25) is 5.91 Å². The van der Waals surface area contributed by atoms with Crippen LogP contribution in [0.15, 0.2) is 84.0 Å². The van der Waals surface area contributed by atoms with Gasteiger partial charge < -0.3 is 9.47 Å². The fraction of sp³-hybridized carbons (Fsp3) is 0.130. The molecule has 0 aromatic heterocycles. The Morgan fingerprint density at radius 2 is 1.61 bits per heavy atom. The highest BCUT2D eigenvalue weighted by molar-refractivity contribution is 5.84. The molecule has 5 heteroatoms. The molecule has 0 atom stereocenters. The van der Waals surface area contributed by atoms with Crippen LogP contribution < -0.4 is 14.9 Å². The van der Waals surface area contributed by atoms with E-state index in [-0.39, 0.29) is 12.3 Å². The van der Waals surface area contributed by atoms with Gasteiger partial charge in [-0.15, -0.1) is 0 Å². The van der Waals surface area contributed by atoms with Gasteiger partial charge >= 0.3 is 0 Å². The van der Waals surface area contributed by atoms with Crippen LogP contribution in [-0.2, 0) is 17.8 Å². The molecular formula is C23H22N2O3. The summed E-state index contributed by atoms with van der Waals surface area (Å²) in [5, 5.41) is 4.02. The number of rotatable bonds is 8. The number of nitrogens with zero attached hydrogens (tertiary/aromatic N) is 1. The molecule has 0 fully saturated rings. The number of hydrogen-bond donors (Lipinski definition) is 1. The molecule has 0 aliphatic heterocycles. The molecule has 0 spiro atoms. The zero-order valence-electron chi connectivity index (χ0n) is 15.7. The zero-order valence-corrected chi connectivity index (χ0v) is 15.7. The lowest BCUT2D eigenvalue weighted by Crippen LogP contribution is -2.19. The lowest BCUT2D eigenvalue weighted by Gasteiger charge is -2.11. The first-order valence-electron chi connectivity index (χ1n) is 8.95. The first-order chi connectivity index (χ1) is 13.7. The summed E-state index contributed by atoms with van der Waals surface area (Å²) in [6, 6.07) is 25.0. The summed E-state index contributed by atoms with van der Waals surface area (Å²) in [5.74, 6) is 1.09. The summed E-state index contributed by atoms with van der Waals surface area (Å²) in [6.07, 6.45) is 1.86. The molecule has 3 rings (SSSR count). The minimum atomic E-state index is -0.169. The van der Waals surface area contributed by atoms with E-state index < -0.39 is 0 Å². The number of hydrazone groups is 1. The van der Waals surface area contributed by atoms with Crippen LogP contribution in [0.4, 0.5) is 0 Å². The normalized spacial score (nSPS) is 10.6. The molecule has 0 bridgehead atoms. The van der Waals surface area contributed by atoms with Gasteiger partial charge in [0.25, 0.3) is 0 Å². The average Bonchev–Trinajstić information content (AvgIpc) is 2.74. The Morgan fingerprint density at radius 3 is 2.29 bits per heavy atom. The highest BCUT2D eigenvalue weighted by atomic mass is 16.5. The van der Waals surface area contributed by atoms with Crippen LogP contribution in [0.3, 0.4) is 0 Å². The van der Waals surface area contributed by atoms with E-state index >= 15 is 0 Å². The van der Waals surface area contributed by atoms with Gasteiger partial charge in [0.15, 0.2) is 11.5 Å². The maximum atomic E-state index is 11.9. The third kappa shape index (κ3) is 5.71. The van der Waals surface area contributed by atoms with E-state index in [1.54, 1.807) is 13.3 Å². The first kappa shape index (κ1) is 19.2. The first-order valence-corrected chi connectivity index (χ1v) is 8.95. The molecule has 142 valence electrons.